The maximum atomic E-state index is 12.1. The molecule has 0 saturated heterocycles. The summed E-state index contributed by atoms with van der Waals surface area (Å²) in [6, 6.07) is 12.3. The second kappa shape index (κ2) is 8.58. The number of ether oxygens (including phenoxy) is 2. The Bertz CT molecular complexity index is 762. The van der Waals surface area contributed by atoms with Crippen molar-refractivity contribution in [2.75, 3.05) is 36.7 Å². The largest absolute Gasteiger partial charge is 0.497 e. The van der Waals surface area contributed by atoms with Crippen LogP contribution in [-0.2, 0) is 9.59 Å². The third kappa shape index (κ3) is 5.42. The summed E-state index contributed by atoms with van der Waals surface area (Å²) in [7, 11) is 3.09. The number of carbonyl (C=O) groups is 2. The Morgan fingerprint density at radius 3 is 2.40 bits per heavy atom. The molecule has 0 saturated carbocycles. The highest BCUT2D eigenvalue weighted by Crippen LogP contribution is 2.28. The minimum absolute atomic E-state index is 0.0682. The maximum absolute atomic E-state index is 12.1. The molecule has 2 rings (SSSR count). The van der Waals surface area contributed by atoms with Crippen molar-refractivity contribution in [3.8, 4) is 11.5 Å². The monoisotopic (exact) mass is 343 g/mol. The van der Waals surface area contributed by atoms with Crippen molar-refractivity contribution < 1.29 is 19.1 Å². The quantitative estimate of drug-likeness (QED) is 0.719. The number of carbonyl (C=O) groups excluding carboxylic acids is 2. The molecular weight excluding hydrogens is 322 g/mol. The van der Waals surface area contributed by atoms with Crippen molar-refractivity contribution in [2.45, 2.75) is 6.92 Å². The van der Waals surface area contributed by atoms with Crippen LogP contribution in [0.25, 0.3) is 0 Å². The third-order valence-corrected chi connectivity index (χ3v) is 3.32. The Morgan fingerprint density at radius 2 is 1.72 bits per heavy atom. The molecule has 2 aromatic rings. The van der Waals surface area contributed by atoms with Gasteiger partial charge in [0.15, 0.2) is 0 Å². The van der Waals surface area contributed by atoms with Crippen LogP contribution in [0.2, 0.25) is 0 Å². The van der Waals surface area contributed by atoms with E-state index in [4.69, 9.17) is 9.47 Å². The number of hydrogen-bond donors (Lipinski definition) is 3. The molecule has 132 valence electrons. The van der Waals surface area contributed by atoms with Gasteiger partial charge in [0.1, 0.15) is 11.5 Å². The predicted molar refractivity (Wildman–Crippen MR) is 97.4 cm³/mol. The van der Waals surface area contributed by atoms with Gasteiger partial charge in [-0.25, -0.2) is 0 Å². The highest BCUT2D eigenvalue weighted by Gasteiger charge is 2.09. The average molecular weight is 343 g/mol. The van der Waals surface area contributed by atoms with E-state index in [0.29, 0.717) is 22.9 Å². The first-order chi connectivity index (χ1) is 12.0. The molecule has 0 bridgehead atoms. The van der Waals surface area contributed by atoms with Crippen molar-refractivity contribution in [2.24, 2.45) is 0 Å². The first-order valence-electron chi connectivity index (χ1n) is 7.65. The van der Waals surface area contributed by atoms with Gasteiger partial charge in [0.25, 0.3) is 0 Å². The lowest BCUT2D eigenvalue weighted by molar-refractivity contribution is -0.115. The summed E-state index contributed by atoms with van der Waals surface area (Å²) in [4.78, 5) is 23.2. The molecule has 0 radical (unpaired) electrons. The number of nitrogens with one attached hydrogen (secondary N) is 3. The van der Waals surface area contributed by atoms with Crippen molar-refractivity contribution >= 4 is 28.9 Å². The molecular formula is C18H21N3O4. The molecule has 0 heterocycles. The van der Waals surface area contributed by atoms with Crippen LogP contribution in [0.3, 0.4) is 0 Å². The normalized spacial score (nSPS) is 9.88. The molecule has 7 nitrogen and oxygen atoms in total. The fraction of sp³-hybridized carbons (Fsp3) is 0.222. The van der Waals surface area contributed by atoms with Crippen LogP contribution in [0.1, 0.15) is 6.92 Å². The minimum Gasteiger partial charge on any atom is -0.497 e. The smallest absolute Gasteiger partial charge is 0.243 e. The summed E-state index contributed by atoms with van der Waals surface area (Å²) in [5.41, 5.74) is 1.94. The second-order valence-electron chi connectivity index (χ2n) is 5.23. The molecule has 2 amide bonds. The van der Waals surface area contributed by atoms with Crippen LogP contribution in [0.4, 0.5) is 17.1 Å². The lowest BCUT2D eigenvalue weighted by Gasteiger charge is -2.12. The van der Waals surface area contributed by atoms with Gasteiger partial charge in [-0.1, -0.05) is 6.07 Å². The molecule has 0 aromatic heterocycles. The topological polar surface area (TPSA) is 88.7 Å². The zero-order valence-electron chi connectivity index (χ0n) is 14.4. The molecule has 7 heteroatoms. The molecule has 0 atom stereocenters. The summed E-state index contributed by atoms with van der Waals surface area (Å²) >= 11 is 0. The molecule has 0 spiro atoms. The van der Waals surface area contributed by atoms with Crippen LogP contribution >= 0.6 is 0 Å². The zero-order valence-corrected chi connectivity index (χ0v) is 14.4. The van der Waals surface area contributed by atoms with Gasteiger partial charge in [-0.05, 0) is 30.3 Å². The van der Waals surface area contributed by atoms with E-state index < -0.39 is 0 Å². The van der Waals surface area contributed by atoms with Crippen LogP contribution in [0, 0.1) is 0 Å². The van der Waals surface area contributed by atoms with E-state index in [0.717, 1.165) is 5.69 Å². The Labute approximate surface area is 146 Å². The summed E-state index contributed by atoms with van der Waals surface area (Å²) in [5.74, 6) is 0.776. The fourth-order valence-electron chi connectivity index (χ4n) is 2.19. The first kappa shape index (κ1) is 18.1. The summed E-state index contributed by atoms with van der Waals surface area (Å²) in [6.07, 6.45) is 0. The lowest BCUT2D eigenvalue weighted by Crippen LogP contribution is -2.22. The average Bonchev–Trinajstić information content (AvgIpc) is 2.60. The highest BCUT2D eigenvalue weighted by atomic mass is 16.5. The number of benzene rings is 2. The predicted octanol–water partition coefficient (Wildman–Crippen LogP) is 2.71. The standard InChI is InChI=1S/C18H21N3O4/c1-12(22)20-14-6-4-5-13(9-14)19-11-18(23)21-16-8-7-15(24-2)10-17(16)25-3/h4-10,19H,11H2,1-3H3,(H,20,22)(H,21,23). The van der Waals surface area contributed by atoms with E-state index in [-0.39, 0.29) is 18.4 Å². The molecule has 0 aliphatic heterocycles. The van der Waals surface area contributed by atoms with Gasteiger partial charge in [-0.3, -0.25) is 9.59 Å². The number of methoxy groups -OCH3 is 2. The first-order valence-corrected chi connectivity index (χ1v) is 7.65. The van der Waals surface area contributed by atoms with Crippen LogP contribution in [0.5, 0.6) is 11.5 Å². The summed E-state index contributed by atoms with van der Waals surface area (Å²) < 4.78 is 10.4. The van der Waals surface area contributed by atoms with E-state index >= 15 is 0 Å². The molecule has 0 unspecified atom stereocenters. The molecule has 2 aromatic carbocycles. The summed E-state index contributed by atoms with van der Waals surface area (Å²) in [5, 5.41) is 8.48. The van der Waals surface area contributed by atoms with Crippen molar-refractivity contribution in [3.05, 3.63) is 42.5 Å². The molecule has 3 N–H and O–H groups in total. The van der Waals surface area contributed by atoms with Gasteiger partial charge >= 0.3 is 0 Å². The number of hydrogen-bond acceptors (Lipinski definition) is 5. The Kier molecular flexibility index (Phi) is 6.22. The summed E-state index contributed by atoms with van der Waals surface area (Å²) in [6.45, 7) is 1.51. The Morgan fingerprint density at radius 1 is 0.960 bits per heavy atom. The maximum Gasteiger partial charge on any atom is 0.243 e. The molecule has 0 aliphatic carbocycles. The van der Waals surface area contributed by atoms with E-state index in [1.54, 1.807) is 43.5 Å². The van der Waals surface area contributed by atoms with Crippen molar-refractivity contribution in [1.29, 1.82) is 0 Å². The van der Waals surface area contributed by atoms with Gasteiger partial charge in [-0.2, -0.15) is 0 Å². The molecule has 0 aliphatic rings. The number of anilines is 3. The van der Waals surface area contributed by atoms with Crippen LogP contribution < -0.4 is 25.4 Å². The van der Waals surface area contributed by atoms with Crippen LogP contribution in [0.15, 0.2) is 42.5 Å². The van der Waals surface area contributed by atoms with Gasteiger partial charge in [-0.15, -0.1) is 0 Å². The van der Waals surface area contributed by atoms with Gasteiger partial charge < -0.3 is 25.4 Å². The van der Waals surface area contributed by atoms with Gasteiger partial charge in [0.2, 0.25) is 11.8 Å². The minimum atomic E-state index is -0.228. The SMILES string of the molecule is COc1ccc(NC(=O)CNc2cccc(NC(C)=O)c2)c(OC)c1. The molecule has 25 heavy (non-hydrogen) atoms. The van der Waals surface area contributed by atoms with E-state index in [2.05, 4.69) is 16.0 Å². The van der Waals surface area contributed by atoms with E-state index in [9.17, 15) is 9.59 Å². The lowest BCUT2D eigenvalue weighted by atomic mass is 10.2. The van der Waals surface area contributed by atoms with E-state index in [1.165, 1.54) is 14.0 Å². The van der Waals surface area contributed by atoms with Crippen molar-refractivity contribution in [3.63, 3.8) is 0 Å². The number of amides is 2. The van der Waals surface area contributed by atoms with Gasteiger partial charge in [0.05, 0.1) is 26.5 Å². The zero-order chi connectivity index (χ0) is 18.2. The Balaban J connectivity index is 1.96. The van der Waals surface area contributed by atoms with Crippen molar-refractivity contribution in [1.82, 2.24) is 0 Å². The second-order valence-corrected chi connectivity index (χ2v) is 5.23. The van der Waals surface area contributed by atoms with E-state index in [1.807, 2.05) is 6.07 Å². The number of rotatable bonds is 7. The van der Waals surface area contributed by atoms with Gasteiger partial charge in [0, 0.05) is 24.4 Å². The Hall–Kier alpha value is -3.22. The third-order valence-electron chi connectivity index (χ3n) is 3.32. The van der Waals surface area contributed by atoms with Crippen LogP contribution in [-0.4, -0.2) is 32.6 Å². The highest BCUT2D eigenvalue weighted by molar-refractivity contribution is 5.95. The molecule has 0 fully saturated rings. The fourth-order valence-corrected chi connectivity index (χ4v) is 2.19.